The first-order valence-corrected chi connectivity index (χ1v) is 10.8. The molecule has 1 saturated heterocycles. The van der Waals surface area contributed by atoms with Gasteiger partial charge >= 0.3 is 0 Å². The first-order chi connectivity index (χ1) is 14.1. The second kappa shape index (κ2) is 8.78. The Labute approximate surface area is 174 Å². The third kappa shape index (κ3) is 4.67. The molecule has 2 aliphatic rings. The van der Waals surface area contributed by atoms with Crippen LogP contribution in [0.5, 0.6) is 11.5 Å². The quantitative estimate of drug-likeness (QED) is 0.584. The zero-order chi connectivity index (χ0) is 20.2. The van der Waals surface area contributed by atoms with E-state index in [0.717, 1.165) is 11.4 Å². The second-order valence-electron chi connectivity index (χ2n) is 7.19. The zero-order valence-electron chi connectivity index (χ0n) is 16.3. The largest absolute Gasteiger partial charge is 0.486 e. The summed E-state index contributed by atoms with van der Waals surface area (Å²) in [4.78, 5) is 27.8. The molecule has 0 bridgehead atoms. The fourth-order valence-corrected chi connectivity index (χ4v) is 4.22. The van der Waals surface area contributed by atoms with Crippen molar-refractivity contribution in [1.29, 1.82) is 0 Å². The van der Waals surface area contributed by atoms with E-state index in [2.05, 4.69) is 36.5 Å². The van der Waals surface area contributed by atoms with Gasteiger partial charge in [-0.15, -0.1) is 11.8 Å². The van der Waals surface area contributed by atoms with Crippen LogP contribution in [0.4, 0.5) is 5.69 Å². The third-order valence-corrected chi connectivity index (χ3v) is 6.04. The summed E-state index contributed by atoms with van der Waals surface area (Å²) in [5, 5.41) is 2.97. The van der Waals surface area contributed by atoms with Gasteiger partial charge in [-0.1, -0.05) is 17.7 Å². The summed E-state index contributed by atoms with van der Waals surface area (Å²) < 4.78 is 11.1. The maximum atomic E-state index is 12.5. The molecular formula is C22H24N2O4S. The summed E-state index contributed by atoms with van der Waals surface area (Å²) >= 11 is 1.71. The highest BCUT2D eigenvalue weighted by Gasteiger charge is 2.35. The van der Waals surface area contributed by atoms with Crippen LogP contribution in [-0.4, -0.2) is 43.9 Å². The number of carbonyl (C=O) groups is 2. The van der Waals surface area contributed by atoms with Gasteiger partial charge in [0.1, 0.15) is 13.2 Å². The van der Waals surface area contributed by atoms with Gasteiger partial charge in [-0.2, -0.15) is 0 Å². The van der Waals surface area contributed by atoms with Crippen LogP contribution in [0, 0.1) is 12.8 Å². The predicted octanol–water partition coefficient (Wildman–Crippen LogP) is 3.03. The minimum atomic E-state index is -0.333. The molecule has 2 amide bonds. The molecule has 0 aromatic heterocycles. The topological polar surface area (TPSA) is 67.9 Å². The van der Waals surface area contributed by atoms with Gasteiger partial charge in [-0.3, -0.25) is 9.59 Å². The molecule has 0 radical (unpaired) electrons. The lowest BCUT2D eigenvalue weighted by molar-refractivity contribution is -0.126. The number of fused-ring (bicyclic) bond motifs is 1. The third-order valence-electron chi connectivity index (χ3n) is 5.02. The van der Waals surface area contributed by atoms with Crippen molar-refractivity contribution in [2.75, 3.05) is 37.0 Å². The number of rotatable bonds is 6. The average Bonchev–Trinajstić information content (AvgIpc) is 3.14. The Morgan fingerprint density at radius 1 is 1.14 bits per heavy atom. The highest BCUT2D eigenvalue weighted by Crippen LogP contribution is 2.36. The van der Waals surface area contributed by atoms with Crippen LogP contribution < -0.4 is 19.7 Å². The van der Waals surface area contributed by atoms with Crippen molar-refractivity contribution in [2.24, 2.45) is 5.92 Å². The summed E-state index contributed by atoms with van der Waals surface area (Å²) in [6.07, 6.45) is 0.228. The number of thioether (sulfide) groups is 1. The van der Waals surface area contributed by atoms with Crippen molar-refractivity contribution in [1.82, 2.24) is 5.32 Å². The highest BCUT2D eigenvalue weighted by molar-refractivity contribution is 7.99. The van der Waals surface area contributed by atoms with E-state index in [9.17, 15) is 9.59 Å². The normalized spacial score (nSPS) is 18.0. The first kappa shape index (κ1) is 19.6. The molecule has 0 saturated carbocycles. The lowest BCUT2D eigenvalue weighted by Gasteiger charge is -2.22. The first-order valence-electron chi connectivity index (χ1n) is 9.77. The van der Waals surface area contributed by atoms with Crippen molar-refractivity contribution in [3.63, 3.8) is 0 Å². The van der Waals surface area contributed by atoms with Gasteiger partial charge in [0.15, 0.2) is 11.5 Å². The lowest BCUT2D eigenvalue weighted by Crippen LogP contribution is -2.34. The Bertz CT molecular complexity index is 900. The van der Waals surface area contributed by atoms with Crippen LogP contribution in [0.25, 0.3) is 0 Å². The van der Waals surface area contributed by atoms with Crippen molar-refractivity contribution < 1.29 is 19.1 Å². The average molecular weight is 413 g/mol. The summed E-state index contributed by atoms with van der Waals surface area (Å²) in [5.41, 5.74) is 1.97. The standard InChI is InChI=1S/C22H24N2O4S/c1-15-2-5-18(6-3-15)29-11-8-23-22(26)16-12-21(25)24(14-16)17-4-7-19-20(13-17)28-10-9-27-19/h2-7,13,16H,8-12,14H2,1H3,(H,23,26). The molecule has 4 rings (SSSR count). The van der Waals surface area contributed by atoms with E-state index in [1.165, 1.54) is 10.5 Å². The van der Waals surface area contributed by atoms with E-state index in [4.69, 9.17) is 9.47 Å². The van der Waals surface area contributed by atoms with Crippen molar-refractivity contribution in [3.05, 3.63) is 48.0 Å². The lowest BCUT2D eigenvalue weighted by atomic mass is 10.1. The second-order valence-corrected chi connectivity index (χ2v) is 8.35. The monoisotopic (exact) mass is 412 g/mol. The molecule has 2 aromatic rings. The maximum Gasteiger partial charge on any atom is 0.227 e. The van der Waals surface area contributed by atoms with Gasteiger partial charge in [-0.05, 0) is 31.2 Å². The molecule has 1 atom stereocenters. The van der Waals surface area contributed by atoms with Gasteiger partial charge in [0, 0.05) is 41.9 Å². The predicted molar refractivity (Wildman–Crippen MR) is 113 cm³/mol. The van der Waals surface area contributed by atoms with Crippen LogP contribution in [0.15, 0.2) is 47.4 Å². The fourth-order valence-electron chi connectivity index (χ4n) is 3.45. The number of ether oxygens (including phenoxy) is 2. The number of aryl methyl sites for hydroxylation is 1. The number of nitrogens with zero attached hydrogens (tertiary/aromatic N) is 1. The van der Waals surface area contributed by atoms with Gasteiger partial charge in [0.25, 0.3) is 0 Å². The van der Waals surface area contributed by atoms with E-state index in [1.807, 2.05) is 18.2 Å². The molecule has 2 aromatic carbocycles. The van der Waals surface area contributed by atoms with Crippen LogP contribution in [0.3, 0.4) is 0 Å². The van der Waals surface area contributed by atoms with Gasteiger partial charge in [-0.25, -0.2) is 0 Å². The van der Waals surface area contributed by atoms with Crippen molar-refractivity contribution in [2.45, 2.75) is 18.2 Å². The Morgan fingerprint density at radius 3 is 2.69 bits per heavy atom. The molecule has 1 unspecified atom stereocenters. The number of hydrogen-bond acceptors (Lipinski definition) is 5. The summed E-state index contributed by atoms with van der Waals surface area (Å²) in [6.45, 7) is 4.04. The molecule has 152 valence electrons. The van der Waals surface area contributed by atoms with E-state index >= 15 is 0 Å². The fraction of sp³-hybridized carbons (Fsp3) is 0.364. The molecule has 2 aliphatic heterocycles. The van der Waals surface area contributed by atoms with Gasteiger partial charge in [0.05, 0.1) is 5.92 Å². The highest BCUT2D eigenvalue weighted by atomic mass is 32.2. The summed E-state index contributed by atoms with van der Waals surface area (Å²) in [7, 11) is 0. The number of nitrogens with one attached hydrogen (secondary N) is 1. The molecule has 7 heteroatoms. The Balaban J connectivity index is 1.28. The minimum Gasteiger partial charge on any atom is -0.486 e. The number of amides is 2. The molecule has 29 heavy (non-hydrogen) atoms. The number of anilines is 1. The zero-order valence-corrected chi connectivity index (χ0v) is 17.2. The van der Waals surface area contributed by atoms with Crippen LogP contribution >= 0.6 is 11.8 Å². The van der Waals surface area contributed by atoms with Crippen molar-refractivity contribution in [3.8, 4) is 11.5 Å². The van der Waals surface area contributed by atoms with E-state index < -0.39 is 0 Å². The van der Waals surface area contributed by atoms with Gasteiger partial charge in [0.2, 0.25) is 11.8 Å². The number of hydrogen-bond donors (Lipinski definition) is 1. The summed E-state index contributed by atoms with van der Waals surface area (Å²) in [5.74, 6) is 1.68. The molecular weight excluding hydrogens is 388 g/mol. The van der Waals surface area contributed by atoms with E-state index in [1.54, 1.807) is 16.7 Å². The molecule has 2 heterocycles. The Hall–Kier alpha value is -2.67. The van der Waals surface area contributed by atoms with Crippen LogP contribution in [-0.2, 0) is 9.59 Å². The van der Waals surface area contributed by atoms with Crippen LogP contribution in [0.2, 0.25) is 0 Å². The van der Waals surface area contributed by atoms with E-state index in [0.29, 0.717) is 37.8 Å². The smallest absolute Gasteiger partial charge is 0.227 e. The van der Waals surface area contributed by atoms with Crippen LogP contribution in [0.1, 0.15) is 12.0 Å². The van der Waals surface area contributed by atoms with E-state index in [-0.39, 0.29) is 24.2 Å². The molecule has 0 spiro atoms. The molecule has 1 N–H and O–H groups in total. The molecule has 1 fully saturated rings. The maximum absolute atomic E-state index is 12.5. The van der Waals surface area contributed by atoms with Gasteiger partial charge < -0.3 is 19.7 Å². The molecule has 6 nitrogen and oxygen atoms in total. The number of benzene rings is 2. The van der Waals surface area contributed by atoms with Crippen molar-refractivity contribution >= 4 is 29.3 Å². The minimum absolute atomic E-state index is 0.0455. The summed E-state index contributed by atoms with van der Waals surface area (Å²) in [6, 6.07) is 13.8. The number of carbonyl (C=O) groups excluding carboxylic acids is 2. The molecule has 0 aliphatic carbocycles. The Kier molecular flexibility index (Phi) is 5.94. The SMILES string of the molecule is Cc1ccc(SCCNC(=O)C2CC(=O)N(c3ccc4c(c3)OCCO4)C2)cc1. The Morgan fingerprint density at radius 2 is 1.90 bits per heavy atom.